The maximum atomic E-state index is 12.8. The summed E-state index contributed by atoms with van der Waals surface area (Å²) in [4.78, 5) is 15.2. The number of aryl methyl sites for hydroxylation is 2. The first kappa shape index (κ1) is 19.9. The molecule has 2 aromatic heterocycles. The Hall–Kier alpha value is -2.80. The van der Waals surface area contributed by atoms with Gasteiger partial charge < -0.3 is 14.4 Å². The molecule has 3 rings (SSSR count). The molecule has 2 heterocycles. The Kier molecular flexibility index (Phi) is 6.04. The fraction of sp³-hybridized carbons (Fsp3) is 0.333. The Morgan fingerprint density at radius 3 is 2.61 bits per heavy atom. The molecule has 0 fully saturated rings. The molecule has 0 radical (unpaired) electrons. The average molecular weight is 400 g/mol. The molecule has 148 valence electrons. The third-order valence-electron chi connectivity index (χ3n) is 4.73. The molecule has 0 N–H and O–H groups in total. The van der Waals surface area contributed by atoms with Crippen molar-refractivity contribution in [3.8, 4) is 11.5 Å². The highest BCUT2D eigenvalue weighted by Gasteiger charge is 2.18. The monoisotopic (exact) mass is 399 g/mol. The van der Waals surface area contributed by atoms with E-state index in [0.29, 0.717) is 29.5 Å². The van der Waals surface area contributed by atoms with Gasteiger partial charge in [-0.15, -0.1) is 11.3 Å². The molecule has 0 aliphatic carbocycles. The summed E-state index contributed by atoms with van der Waals surface area (Å²) in [6.45, 7) is 4.91. The highest BCUT2D eigenvalue weighted by atomic mass is 32.1. The Morgan fingerprint density at radius 2 is 1.96 bits per heavy atom. The van der Waals surface area contributed by atoms with Crippen LogP contribution >= 0.6 is 11.3 Å². The standard InChI is InChI=1S/C21H25N3O3S/c1-14-17(15(2)24(4)22-14)11-23(3)21(25)20-10-16(13-28-20)12-27-19-9-7-6-8-18(19)26-5/h6-10,13H,11-12H2,1-5H3. The first-order valence-electron chi connectivity index (χ1n) is 8.98. The predicted molar refractivity (Wildman–Crippen MR) is 110 cm³/mol. The summed E-state index contributed by atoms with van der Waals surface area (Å²) >= 11 is 1.43. The number of carbonyl (C=O) groups is 1. The van der Waals surface area contributed by atoms with Crippen LogP contribution in [0.1, 0.15) is 32.2 Å². The molecule has 28 heavy (non-hydrogen) atoms. The van der Waals surface area contributed by atoms with Crippen molar-refractivity contribution in [1.29, 1.82) is 0 Å². The van der Waals surface area contributed by atoms with Crippen molar-refractivity contribution >= 4 is 17.2 Å². The molecule has 0 aliphatic heterocycles. The number of para-hydroxylation sites is 2. The van der Waals surface area contributed by atoms with E-state index in [1.807, 2.05) is 68.3 Å². The third-order valence-corrected chi connectivity index (χ3v) is 5.70. The van der Waals surface area contributed by atoms with Gasteiger partial charge in [0, 0.05) is 37.5 Å². The maximum Gasteiger partial charge on any atom is 0.263 e. The lowest BCUT2D eigenvalue weighted by atomic mass is 10.2. The van der Waals surface area contributed by atoms with Crippen LogP contribution in [0.4, 0.5) is 0 Å². The zero-order chi connectivity index (χ0) is 20.3. The van der Waals surface area contributed by atoms with Crippen LogP contribution in [-0.4, -0.2) is 34.7 Å². The number of methoxy groups -OCH3 is 1. The molecule has 1 aromatic carbocycles. The van der Waals surface area contributed by atoms with E-state index in [9.17, 15) is 4.79 Å². The van der Waals surface area contributed by atoms with Gasteiger partial charge in [0.1, 0.15) is 6.61 Å². The van der Waals surface area contributed by atoms with Gasteiger partial charge in [-0.3, -0.25) is 9.48 Å². The molecule has 0 saturated carbocycles. The summed E-state index contributed by atoms with van der Waals surface area (Å²) in [6, 6.07) is 9.41. The predicted octanol–water partition coefficient (Wildman–Crippen LogP) is 3.96. The van der Waals surface area contributed by atoms with Crippen LogP contribution in [0.2, 0.25) is 0 Å². The summed E-state index contributed by atoms with van der Waals surface area (Å²) < 4.78 is 13.0. The summed E-state index contributed by atoms with van der Waals surface area (Å²) in [5.41, 5.74) is 4.09. The lowest BCUT2D eigenvalue weighted by Gasteiger charge is -2.16. The average Bonchev–Trinajstić information content (AvgIpc) is 3.26. The van der Waals surface area contributed by atoms with E-state index in [-0.39, 0.29) is 5.91 Å². The minimum Gasteiger partial charge on any atom is -0.493 e. The van der Waals surface area contributed by atoms with Gasteiger partial charge in [0.05, 0.1) is 17.7 Å². The fourth-order valence-electron chi connectivity index (χ4n) is 3.01. The van der Waals surface area contributed by atoms with Crippen molar-refractivity contribution in [2.75, 3.05) is 14.2 Å². The number of thiophene rings is 1. The second-order valence-corrected chi connectivity index (χ2v) is 7.60. The van der Waals surface area contributed by atoms with Gasteiger partial charge >= 0.3 is 0 Å². The van der Waals surface area contributed by atoms with Gasteiger partial charge in [0.2, 0.25) is 0 Å². The Balaban J connectivity index is 1.65. The Labute approximate surface area is 169 Å². The summed E-state index contributed by atoms with van der Waals surface area (Å²) in [5, 5.41) is 6.38. The van der Waals surface area contributed by atoms with Crippen molar-refractivity contribution < 1.29 is 14.3 Å². The minimum atomic E-state index is -0.00352. The van der Waals surface area contributed by atoms with Gasteiger partial charge in [0.25, 0.3) is 5.91 Å². The second-order valence-electron chi connectivity index (χ2n) is 6.69. The number of ether oxygens (including phenoxy) is 2. The van der Waals surface area contributed by atoms with E-state index in [2.05, 4.69) is 5.10 Å². The van der Waals surface area contributed by atoms with E-state index < -0.39 is 0 Å². The lowest BCUT2D eigenvalue weighted by Crippen LogP contribution is -2.26. The van der Waals surface area contributed by atoms with Crippen LogP contribution in [0.25, 0.3) is 0 Å². The molecule has 0 aliphatic rings. The number of aromatic nitrogens is 2. The van der Waals surface area contributed by atoms with E-state index in [1.165, 1.54) is 11.3 Å². The molecule has 0 unspecified atom stereocenters. The number of rotatable bonds is 7. The van der Waals surface area contributed by atoms with Crippen molar-refractivity contribution in [2.24, 2.45) is 7.05 Å². The second kappa shape index (κ2) is 8.48. The van der Waals surface area contributed by atoms with Gasteiger partial charge in [0.15, 0.2) is 11.5 Å². The van der Waals surface area contributed by atoms with Crippen molar-refractivity contribution in [2.45, 2.75) is 27.0 Å². The number of amides is 1. The molecule has 7 heteroatoms. The van der Waals surface area contributed by atoms with Crippen LogP contribution < -0.4 is 9.47 Å². The minimum absolute atomic E-state index is 0.00352. The molecule has 0 spiro atoms. The van der Waals surface area contributed by atoms with Crippen molar-refractivity contribution in [3.05, 3.63) is 63.1 Å². The van der Waals surface area contributed by atoms with Crippen LogP contribution in [0.3, 0.4) is 0 Å². The Morgan fingerprint density at radius 1 is 1.25 bits per heavy atom. The summed E-state index contributed by atoms with van der Waals surface area (Å²) in [6.07, 6.45) is 0. The van der Waals surface area contributed by atoms with Crippen LogP contribution in [-0.2, 0) is 20.2 Å². The van der Waals surface area contributed by atoms with Crippen LogP contribution in [0.15, 0.2) is 35.7 Å². The van der Waals surface area contributed by atoms with Crippen molar-refractivity contribution in [1.82, 2.24) is 14.7 Å². The molecular formula is C21H25N3O3S. The molecule has 6 nitrogen and oxygen atoms in total. The van der Waals surface area contributed by atoms with E-state index in [1.54, 1.807) is 12.0 Å². The maximum absolute atomic E-state index is 12.8. The summed E-state index contributed by atoms with van der Waals surface area (Å²) in [7, 11) is 5.35. The quantitative estimate of drug-likeness (QED) is 0.603. The SMILES string of the molecule is COc1ccccc1OCc1csc(C(=O)N(C)Cc2c(C)nn(C)c2C)c1. The van der Waals surface area contributed by atoms with Gasteiger partial charge in [-0.25, -0.2) is 0 Å². The van der Waals surface area contributed by atoms with Crippen LogP contribution in [0, 0.1) is 13.8 Å². The van der Waals surface area contributed by atoms with Crippen molar-refractivity contribution in [3.63, 3.8) is 0 Å². The van der Waals surface area contributed by atoms with E-state index in [0.717, 1.165) is 22.5 Å². The third kappa shape index (κ3) is 4.20. The molecule has 3 aromatic rings. The largest absolute Gasteiger partial charge is 0.493 e. The molecule has 1 amide bonds. The number of carbonyl (C=O) groups excluding carboxylic acids is 1. The van der Waals surface area contributed by atoms with Crippen LogP contribution in [0.5, 0.6) is 11.5 Å². The number of hydrogen-bond acceptors (Lipinski definition) is 5. The first-order chi connectivity index (χ1) is 13.4. The van der Waals surface area contributed by atoms with Gasteiger partial charge in [-0.1, -0.05) is 12.1 Å². The fourth-order valence-corrected chi connectivity index (χ4v) is 3.90. The molecule has 0 atom stereocenters. The van der Waals surface area contributed by atoms with Gasteiger partial charge in [-0.05, 0) is 37.4 Å². The first-order valence-corrected chi connectivity index (χ1v) is 9.86. The smallest absolute Gasteiger partial charge is 0.263 e. The Bertz CT molecular complexity index is 977. The topological polar surface area (TPSA) is 56.6 Å². The zero-order valence-electron chi connectivity index (χ0n) is 16.9. The van der Waals surface area contributed by atoms with Gasteiger partial charge in [-0.2, -0.15) is 5.10 Å². The highest BCUT2D eigenvalue weighted by Crippen LogP contribution is 2.27. The van der Waals surface area contributed by atoms with E-state index in [4.69, 9.17) is 9.47 Å². The summed E-state index contributed by atoms with van der Waals surface area (Å²) in [5.74, 6) is 1.37. The molecular weight excluding hydrogens is 374 g/mol. The normalized spacial score (nSPS) is 10.8. The number of benzene rings is 1. The zero-order valence-corrected chi connectivity index (χ0v) is 17.7. The molecule has 0 bridgehead atoms. The number of nitrogens with zero attached hydrogens (tertiary/aromatic N) is 3. The molecule has 0 saturated heterocycles. The number of hydrogen-bond donors (Lipinski definition) is 0. The lowest BCUT2D eigenvalue weighted by molar-refractivity contribution is 0.0789. The highest BCUT2D eigenvalue weighted by molar-refractivity contribution is 7.12. The van der Waals surface area contributed by atoms with E-state index >= 15 is 0 Å².